The number of benzene rings is 2. The predicted molar refractivity (Wildman–Crippen MR) is 107 cm³/mol. The van der Waals surface area contributed by atoms with Crippen LogP contribution >= 0.6 is 0 Å². The van der Waals surface area contributed by atoms with Crippen molar-refractivity contribution in [1.29, 1.82) is 0 Å². The number of hydrogen-bond donors (Lipinski definition) is 2. The van der Waals surface area contributed by atoms with Gasteiger partial charge >= 0.3 is 5.97 Å². The Morgan fingerprint density at radius 1 is 1.20 bits per heavy atom. The van der Waals surface area contributed by atoms with Crippen LogP contribution in [0.1, 0.15) is 32.0 Å². The lowest BCUT2D eigenvalue weighted by Gasteiger charge is -2.12. The first-order chi connectivity index (χ1) is 14.2. The number of rotatable bonds is 6. The summed E-state index contributed by atoms with van der Waals surface area (Å²) in [5, 5.41) is 26.9. The van der Waals surface area contributed by atoms with Crippen LogP contribution in [0.15, 0.2) is 42.6 Å². The third kappa shape index (κ3) is 4.27. The normalized spacial score (nSPS) is 10.5. The van der Waals surface area contributed by atoms with Gasteiger partial charge in [0.25, 0.3) is 11.6 Å². The van der Waals surface area contributed by atoms with Crippen molar-refractivity contribution in [2.45, 2.75) is 13.8 Å². The van der Waals surface area contributed by atoms with Crippen LogP contribution in [0, 0.1) is 24.0 Å². The maximum atomic E-state index is 12.6. The van der Waals surface area contributed by atoms with E-state index in [4.69, 9.17) is 4.74 Å². The molecule has 10 nitrogen and oxygen atoms in total. The third-order valence-electron chi connectivity index (χ3n) is 4.32. The molecule has 1 heterocycles. The summed E-state index contributed by atoms with van der Waals surface area (Å²) in [6.45, 7) is 3.73. The standard InChI is InChI=1S/C20H18N4O6/c1-11-4-5-12(2)17(6-11)30-15-8-13(7-14(9-15)24(28)29)22-19(25)16-10-21-23(3)18(16)20(26)27/h4-10H,1-3H3,(H,22,25)(H,26,27). The van der Waals surface area contributed by atoms with E-state index in [0.29, 0.717) is 5.75 Å². The van der Waals surface area contributed by atoms with Gasteiger partial charge in [-0.2, -0.15) is 5.10 Å². The molecule has 2 N–H and O–H groups in total. The number of carboxylic acids is 1. The summed E-state index contributed by atoms with van der Waals surface area (Å²) < 4.78 is 6.86. The third-order valence-corrected chi connectivity index (χ3v) is 4.32. The first-order valence-corrected chi connectivity index (χ1v) is 8.77. The first-order valence-electron chi connectivity index (χ1n) is 8.77. The monoisotopic (exact) mass is 410 g/mol. The molecule has 0 saturated carbocycles. The molecule has 10 heteroatoms. The summed E-state index contributed by atoms with van der Waals surface area (Å²) >= 11 is 0. The number of amides is 1. The Morgan fingerprint density at radius 2 is 1.93 bits per heavy atom. The Balaban J connectivity index is 1.95. The van der Waals surface area contributed by atoms with Gasteiger partial charge < -0.3 is 15.2 Å². The van der Waals surface area contributed by atoms with Crippen LogP contribution in [0.5, 0.6) is 11.5 Å². The molecule has 1 aromatic heterocycles. The van der Waals surface area contributed by atoms with Crippen LogP contribution < -0.4 is 10.1 Å². The number of aryl methyl sites for hydroxylation is 3. The van der Waals surface area contributed by atoms with Crippen LogP contribution in [0.3, 0.4) is 0 Å². The lowest BCUT2D eigenvalue weighted by Crippen LogP contribution is -2.17. The molecule has 0 aliphatic carbocycles. The molecule has 0 fully saturated rings. The molecule has 0 atom stereocenters. The van der Waals surface area contributed by atoms with Gasteiger partial charge in [0.2, 0.25) is 0 Å². The van der Waals surface area contributed by atoms with Gasteiger partial charge in [-0.1, -0.05) is 12.1 Å². The second-order valence-electron chi connectivity index (χ2n) is 6.63. The van der Waals surface area contributed by atoms with Gasteiger partial charge in [0.15, 0.2) is 5.69 Å². The summed E-state index contributed by atoms with van der Waals surface area (Å²) in [4.78, 5) is 34.6. The maximum absolute atomic E-state index is 12.6. The fraction of sp³-hybridized carbons (Fsp3) is 0.150. The van der Waals surface area contributed by atoms with Crippen LogP contribution in [-0.2, 0) is 7.05 Å². The highest BCUT2D eigenvalue weighted by molar-refractivity contribution is 6.10. The number of aromatic carboxylic acids is 1. The number of hydrogen-bond acceptors (Lipinski definition) is 6. The van der Waals surface area contributed by atoms with Crippen molar-refractivity contribution >= 4 is 23.3 Å². The summed E-state index contributed by atoms with van der Waals surface area (Å²) in [5.74, 6) is -1.41. The van der Waals surface area contributed by atoms with Crippen molar-refractivity contribution < 1.29 is 24.4 Å². The van der Waals surface area contributed by atoms with E-state index in [-0.39, 0.29) is 28.4 Å². The molecule has 0 spiro atoms. The minimum Gasteiger partial charge on any atom is -0.477 e. The first kappa shape index (κ1) is 20.5. The Bertz CT molecular complexity index is 1170. The second-order valence-corrected chi connectivity index (χ2v) is 6.63. The van der Waals surface area contributed by atoms with Gasteiger partial charge in [0.1, 0.15) is 11.5 Å². The van der Waals surface area contributed by atoms with Crippen LogP contribution in [0.2, 0.25) is 0 Å². The predicted octanol–water partition coefficient (Wildman–Crippen LogP) is 3.69. The Labute approximate surface area is 170 Å². The van der Waals surface area contributed by atoms with E-state index in [1.807, 2.05) is 26.0 Å². The minimum atomic E-state index is -1.32. The van der Waals surface area contributed by atoms with Gasteiger partial charge in [-0.05, 0) is 31.0 Å². The van der Waals surface area contributed by atoms with Crippen molar-refractivity contribution in [2.24, 2.45) is 7.05 Å². The zero-order valence-corrected chi connectivity index (χ0v) is 16.4. The van der Waals surface area contributed by atoms with E-state index in [1.165, 1.54) is 19.2 Å². The van der Waals surface area contributed by atoms with Crippen LogP contribution in [-0.4, -0.2) is 31.7 Å². The lowest BCUT2D eigenvalue weighted by atomic mass is 10.1. The summed E-state index contributed by atoms with van der Waals surface area (Å²) in [7, 11) is 1.39. The van der Waals surface area contributed by atoms with Crippen LogP contribution in [0.25, 0.3) is 0 Å². The van der Waals surface area contributed by atoms with Crippen molar-refractivity contribution in [3.8, 4) is 11.5 Å². The number of carboxylic acid groups (broad SMARTS) is 1. The molecule has 0 saturated heterocycles. The highest BCUT2D eigenvalue weighted by atomic mass is 16.6. The molecule has 0 aliphatic heterocycles. The zero-order chi connectivity index (χ0) is 22.0. The van der Waals surface area contributed by atoms with E-state index in [9.17, 15) is 24.8 Å². The average Bonchev–Trinajstić information content (AvgIpc) is 3.06. The van der Waals surface area contributed by atoms with E-state index >= 15 is 0 Å². The second kappa shape index (κ2) is 8.03. The number of nitro benzene ring substituents is 1. The molecular formula is C20H18N4O6. The number of nitrogens with zero attached hydrogens (tertiary/aromatic N) is 3. The van der Waals surface area contributed by atoms with Crippen LogP contribution in [0.4, 0.5) is 11.4 Å². The number of aromatic nitrogens is 2. The number of carbonyl (C=O) groups is 2. The van der Waals surface area contributed by atoms with Gasteiger partial charge in [0.05, 0.1) is 28.4 Å². The molecule has 3 aromatic rings. The Kier molecular flexibility index (Phi) is 5.50. The minimum absolute atomic E-state index is 0.0784. The molecule has 30 heavy (non-hydrogen) atoms. The Hall–Kier alpha value is -4.21. The Morgan fingerprint density at radius 3 is 2.60 bits per heavy atom. The van der Waals surface area contributed by atoms with Crippen molar-refractivity contribution in [3.05, 3.63) is 75.1 Å². The topological polar surface area (TPSA) is 137 Å². The summed E-state index contributed by atoms with van der Waals surface area (Å²) in [6.07, 6.45) is 1.11. The van der Waals surface area contributed by atoms with Gasteiger partial charge in [-0.15, -0.1) is 0 Å². The molecule has 3 rings (SSSR count). The number of nitro groups is 1. The average molecular weight is 410 g/mol. The molecule has 154 valence electrons. The largest absolute Gasteiger partial charge is 0.477 e. The molecule has 0 unspecified atom stereocenters. The number of non-ortho nitro benzene ring substituents is 1. The van der Waals surface area contributed by atoms with E-state index in [0.717, 1.165) is 28.1 Å². The number of anilines is 1. The van der Waals surface area contributed by atoms with Crippen molar-refractivity contribution in [1.82, 2.24) is 9.78 Å². The molecule has 0 aliphatic rings. The highest BCUT2D eigenvalue weighted by Gasteiger charge is 2.22. The number of ether oxygens (including phenoxy) is 1. The summed E-state index contributed by atoms with van der Waals surface area (Å²) in [6, 6.07) is 9.38. The fourth-order valence-electron chi connectivity index (χ4n) is 2.82. The molecule has 0 bridgehead atoms. The zero-order valence-electron chi connectivity index (χ0n) is 16.4. The molecule has 0 radical (unpaired) electrons. The highest BCUT2D eigenvalue weighted by Crippen LogP contribution is 2.32. The quantitative estimate of drug-likeness (QED) is 0.467. The van der Waals surface area contributed by atoms with Gasteiger partial charge in [-0.25, -0.2) is 4.79 Å². The van der Waals surface area contributed by atoms with Crippen molar-refractivity contribution in [3.63, 3.8) is 0 Å². The van der Waals surface area contributed by atoms with E-state index in [1.54, 1.807) is 6.07 Å². The van der Waals surface area contributed by atoms with Crippen molar-refractivity contribution in [2.75, 3.05) is 5.32 Å². The number of carbonyl (C=O) groups excluding carboxylic acids is 1. The molecule has 1 amide bonds. The number of nitrogens with one attached hydrogen (secondary N) is 1. The van der Waals surface area contributed by atoms with E-state index in [2.05, 4.69) is 10.4 Å². The summed E-state index contributed by atoms with van der Waals surface area (Å²) in [5.41, 5.74) is 1.09. The maximum Gasteiger partial charge on any atom is 0.354 e. The molecule has 2 aromatic carbocycles. The molecular weight excluding hydrogens is 392 g/mol. The fourth-order valence-corrected chi connectivity index (χ4v) is 2.82. The lowest BCUT2D eigenvalue weighted by molar-refractivity contribution is -0.384. The smallest absolute Gasteiger partial charge is 0.354 e. The SMILES string of the molecule is Cc1ccc(C)c(Oc2cc(NC(=O)c3cnn(C)c3C(=O)O)cc([N+](=O)[O-])c2)c1. The van der Waals surface area contributed by atoms with E-state index < -0.39 is 16.8 Å². The van der Waals surface area contributed by atoms with Gasteiger partial charge in [0, 0.05) is 19.2 Å². The van der Waals surface area contributed by atoms with Gasteiger partial charge in [-0.3, -0.25) is 19.6 Å².